The van der Waals surface area contributed by atoms with Crippen molar-refractivity contribution in [2.75, 3.05) is 0 Å². The van der Waals surface area contributed by atoms with Gasteiger partial charge in [-0.25, -0.2) is 19.5 Å². The Hall–Kier alpha value is -4.12. The number of nitrogens with zero attached hydrogens (tertiary/aromatic N) is 5. The lowest BCUT2D eigenvalue weighted by Gasteiger charge is -2.23. The van der Waals surface area contributed by atoms with E-state index in [-0.39, 0.29) is 16.2 Å². The van der Waals surface area contributed by atoms with Gasteiger partial charge in [-0.15, -0.1) is 0 Å². The fourth-order valence-electron chi connectivity index (χ4n) is 6.98. The Morgan fingerprint density at radius 3 is 2.00 bits per heavy atom. The second-order valence-electron chi connectivity index (χ2n) is 16.6. The van der Waals surface area contributed by atoms with E-state index in [0.717, 1.165) is 29.5 Å². The molecule has 7 rings (SSSR count). The molecule has 45 heavy (non-hydrogen) atoms. The molecule has 0 radical (unpaired) electrons. The average Bonchev–Trinajstić information content (AvgIpc) is 3.25. The molecule has 4 aromatic heterocycles. The van der Waals surface area contributed by atoms with Crippen molar-refractivity contribution in [1.82, 2.24) is 19.4 Å². The molecule has 230 valence electrons. The van der Waals surface area contributed by atoms with Crippen molar-refractivity contribution in [2.24, 2.45) is 12.5 Å². The predicted octanol–water partition coefficient (Wildman–Crippen LogP) is 9.47. The highest BCUT2D eigenvalue weighted by Crippen LogP contribution is 2.43. The Labute approximate surface area is 266 Å². The SMILES string of the molecule is Cc1cc2c3cc(CC(C)(C)C)ccc3n3c4cc(-c5nc(C(C)(C)C)nc(C(C)(C)C)n5)cc5cc[n+](C)c(c(c1C)c23)c54. The molecule has 0 fully saturated rings. The largest absolute Gasteiger partial charge is 0.307 e. The molecule has 0 aliphatic carbocycles. The number of pyridine rings is 2. The second-order valence-corrected chi connectivity index (χ2v) is 16.6. The van der Waals surface area contributed by atoms with E-state index in [0.29, 0.717) is 0 Å². The Morgan fingerprint density at radius 1 is 0.711 bits per heavy atom. The molecule has 3 aromatic carbocycles. The van der Waals surface area contributed by atoms with Crippen molar-refractivity contribution in [2.45, 2.75) is 93.4 Å². The first-order valence-electron chi connectivity index (χ1n) is 16.2. The molecule has 0 saturated heterocycles. The molecule has 0 spiro atoms. The van der Waals surface area contributed by atoms with E-state index < -0.39 is 0 Å². The van der Waals surface area contributed by atoms with Gasteiger partial charge >= 0.3 is 0 Å². The van der Waals surface area contributed by atoms with Gasteiger partial charge in [0.15, 0.2) is 12.0 Å². The van der Waals surface area contributed by atoms with Crippen LogP contribution in [0.1, 0.15) is 90.7 Å². The van der Waals surface area contributed by atoms with Crippen molar-refractivity contribution >= 4 is 49.0 Å². The maximum Gasteiger partial charge on any atom is 0.224 e. The molecule has 0 N–H and O–H groups in total. The van der Waals surface area contributed by atoms with Crippen LogP contribution in [0.5, 0.6) is 0 Å². The first-order valence-corrected chi connectivity index (χ1v) is 16.2. The third-order valence-electron chi connectivity index (χ3n) is 9.30. The quantitative estimate of drug-likeness (QED) is 0.113. The Morgan fingerprint density at radius 2 is 1.38 bits per heavy atom. The van der Waals surface area contributed by atoms with Crippen LogP contribution in [0.4, 0.5) is 0 Å². The van der Waals surface area contributed by atoms with Crippen LogP contribution in [0, 0.1) is 19.3 Å². The van der Waals surface area contributed by atoms with Gasteiger partial charge in [-0.05, 0) is 78.1 Å². The molecule has 0 bridgehead atoms. The zero-order valence-electron chi connectivity index (χ0n) is 29.1. The van der Waals surface area contributed by atoms with Crippen LogP contribution in [0.25, 0.3) is 60.4 Å². The van der Waals surface area contributed by atoms with E-state index in [1.807, 2.05) is 0 Å². The molecule has 4 heterocycles. The second kappa shape index (κ2) is 9.45. The van der Waals surface area contributed by atoms with Crippen molar-refractivity contribution in [3.05, 3.63) is 77.0 Å². The third kappa shape index (κ3) is 4.65. The van der Waals surface area contributed by atoms with Gasteiger partial charge in [-0.1, -0.05) is 68.4 Å². The first-order chi connectivity index (χ1) is 20.9. The highest BCUT2D eigenvalue weighted by atomic mass is 15.1. The van der Waals surface area contributed by atoms with E-state index in [1.165, 1.54) is 65.7 Å². The summed E-state index contributed by atoms with van der Waals surface area (Å²) >= 11 is 0. The molecule has 0 amide bonds. The molecule has 5 nitrogen and oxygen atoms in total. The molecule has 0 atom stereocenters. The zero-order chi connectivity index (χ0) is 32.4. The Balaban J connectivity index is 1.67. The lowest BCUT2D eigenvalue weighted by molar-refractivity contribution is -0.643. The fourth-order valence-corrected chi connectivity index (χ4v) is 6.98. The van der Waals surface area contributed by atoms with Gasteiger partial charge in [0.1, 0.15) is 18.7 Å². The molecule has 7 aromatic rings. The molecular formula is C40H46N5+. The molecule has 0 aliphatic heterocycles. The van der Waals surface area contributed by atoms with Gasteiger partial charge in [0.05, 0.1) is 27.3 Å². The van der Waals surface area contributed by atoms with Crippen LogP contribution >= 0.6 is 0 Å². The maximum absolute atomic E-state index is 5.11. The van der Waals surface area contributed by atoms with E-state index in [4.69, 9.17) is 15.0 Å². The molecule has 0 unspecified atom stereocenters. The van der Waals surface area contributed by atoms with Crippen LogP contribution < -0.4 is 4.57 Å². The van der Waals surface area contributed by atoms with Gasteiger partial charge in [0, 0.05) is 33.2 Å². The minimum absolute atomic E-state index is 0.203. The Kier molecular flexibility index (Phi) is 6.21. The van der Waals surface area contributed by atoms with Crippen LogP contribution in [0.3, 0.4) is 0 Å². The highest BCUT2D eigenvalue weighted by Gasteiger charge is 2.28. The minimum atomic E-state index is -0.203. The predicted molar refractivity (Wildman–Crippen MR) is 189 cm³/mol. The molecular weight excluding hydrogens is 550 g/mol. The lowest BCUT2D eigenvalue weighted by Crippen LogP contribution is -2.29. The van der Waals surface area contributed by atoms with Gasteiger partial charge in [-0.2, -0.15) is 0 Å². The number of hydrogen-bond donors (Lipinski definition) is 0. The maximum atomic E-state index is 5.11. The summed E-state index contributed by atoms with van der Waals surface area (Å²) in [7, 11) is 2.18. The summed E-state index contributed by atoms with van der Waals surface area (Å²) in [6.07, 6.45) is 3.24. The van der Waals surface area contributed by atoms with E-state index >= 15 is 0 Å². The monoisotopic (exact) mass is 596 g/mol. The average molecular weight is 597 g/mol. The Bertz CT molecular complexity index is 2290. The van der Waals surface area contributed by atoms with Gasteiger partial charge in [0.25, 0.3) is 0 Å². The standard InChI is InChI=1S/C40H46N5/c1-22-17-28-27-18-24(21-38(3,4)5)13-14-29(27)45-30-20-26(35-41-36(39(6,7)8)43-37(42-35)40(9,10)11)19-25-15-16-44(12)34(32(25)30)31(23(22)2)33(28)45/h13-20H,21H2,1-12H3/q+1. The number of hydrogen-bond acceptors (Lipinski definition) is 3. The summed E-state index contributed by atoms with van der Waals surface area (Å²) in [6.45, 7) is 24.5. The van der Waals surface area contributed by atoms with Crippen molar-refractivity contribution in [3.8, 4) is 11.4 Å². The van der Waals surface area contributed by atoms with E-state index in [2.05, 4.69) is 141 Å². The summed E-state index contributed by atoms with van der Waals surface area (Å²) < 4.78 is 4.82. The number of rotatable bonds is 2. The summed E-state index contributed by atoms with van der Waals surface area (Å²) in [5.74, 6) is 2.38. The van der Waals surface area contributed by atoms with Crippen molar-refractivity contribution < 1.29 is 4.57 Å². The van der Waals surface area contributed by atoms with Crippen molar-refractivity contribution in [3.63, 3.8) is 0 Å². The number of aryl methyl sites for hydroxylation is 3. The van der Waals surface area contributed by atoms with Crippen LogP contribution in [0.2, 0.25) is 0 Å². The van der Waals surface area contributed by atoms with Gasteiger partial charge in [-0.3, -0.25) is 0 Å². The highest BCUT2D eigenvalue weighted by molar-refractivity contribution is 6.26. The zero-order valence-corrected chi connectivity index (χ0v) is 29.1. The smallest absolute Gasteiger partial charge is 0.224 e. The molecule has 0 aliphatic rings. The summed E-state index contributed by atoms with van der Waals surface area (Å²) in [5, 5.41) is 6.42. The van der Waals surface area contributed by atoms with Gasteiger partial charge < -0.3 is 4.40 Å². The molecule has 5 heteroatoms. The van der Waals surface area contributed by atoms with Crippen LogP contribution in [0.15, 0.2) is 48.7 Å². The summed E-state index contributed by atoms with van der Waals surface area (Å²) in [4.78, 5) is 15.2. The summed E-state index contributed by atoms with van der Waals surface area (Å²) in [6, 6.07) is 16.3. The number of aromatic nitrogens is 5. The normalized spacial score (nSPS) is 13.4. The molecule has 0 saturated carbocycles. The van der Waals surface area contributed by atoms with Crippen LogP contribution in [-0.4, -0.2) is 19.4 Å². The van der Waals surface area contributed by atoms with Crippen LogP contribution in [-0.2, 0) is 24.3 Å². The fraction of sp³-hybridized carbons (Fsp3) is 0.400. The first kappa shape index (κ1) is 29.6. The lowest BCUT2D eigenvalue weighted by atomic mass is 9.87. The number of fused-ring (bicyclic) bond motifs is 5. The number of benzene rings is 3. The van der Waals surface area contributed by atoms with Crippen molar-refractivity contribution in [1.29, 1.82) is 0 Å². The van der Waals surface area contributed by atoms with E-state index in [9.17, 15) is 0 Å². The third-order valence-corrected chi connectivity index (χ3v) is 9.30. The van der Waals surface area contributed by atoms with E-state index in [1.54, 1.807) is 0 Å². The minimum Gasteiger partial charge on any atom is -0.307 e. The van der Waals surface area contributed by atoms with Gasteiger partial charge in [0.2, 0.25) is 5.52 Å². The summed E-state index contributed by atoms with van der Waals surface area (Å²) in [5.41, 5.74) is 9.84. The topological polar surface area (TPSA) is 47.0 Å².